The van der Waals surface area contributed by atoms with E-state index in [-0.39, 0.29) is 0 Å². The second-order valence-electron chi connectivity index (χ2n) is 3.94. The number of ether oxygens (including phenoxy) is 1. The van der Waals surface area contributed by atoms with Gasteiger partial charge in [-0.25, -0.2) is 0 Å². The number of likely N-dealkylation sites (N-methyl/N-ethyl adjacent to an activating group) is 1. The van der Waals surface area contributed by atoms with E-state index in [2.05, 4.69) is 11.9 Å². The van der Waals surface area contributed by atoms with Gasteiger partial charge in [-0.3, -0.25) is 0 Å². The van der Waals surface area contributed by atoms with Crippen molar-refractivity contribution in [1.29, 1.82) is 0 Å². The minimum absolute atomic E-state index is 0.502. The Bertz CT molecular complexity index is 133. The Morgan fingerprint density at radius 1 is 1.31 bits per heavy atom. The first kappa shape index (κ1) is 11.0. The van der Waals surface area contributed by atoms with E-state index in [4.69, 9.17) is 10.5 Å². The monoisotopic (exact) mass is 186 g/mol. The Hall–Kier alpha value is -0.120. The lowest BCUT2D eigenvalue weighted by Gasteiger charge is -2.33. The predicted molar refractivity (Wildman–Crippen MR) is 54.7 cm³/mol. The zero-order valence-electron chi connectivity index (χ0n) is 8.83. The summed E-state index contributed by atoms with van der Waals surface area (Å²) >= 11 is 0. The minimum atomic E-state index is 0.502. The van der Waals surface area contributed by atoms with E-state index in [1.165, 1.54) is 25.7 Å². The van der Waals surface area contributed by atoms with Crippen molar-refractivity contribution in [2.45, 2.75) is 37.8 Å². The summed E-state index contributed by atoms with van der Waals surface area (Å²) in [6.07, 6.45) is 5.43. The van der Waals surface area contributed by atoms with Crippen LogP contribution in [0.4, 0.5) is 0 Å². The van der Waals surface area contributed by atoms with Crippen LogP contribution in [0.5, 0.6) is 0 Å². The lowest BCUT2D eigenvalue weighted by molar-refractivity contribution is 0.0447. The van der Waals surface area contributed by atoms with Crippen molar-refractivity contribution in [3.05, 3.63) is 0 Å². The molecule has 1 aliphatic rings. The summed E-state index contributed by atoms with van der Waals surface area (Å²) in [6.45, 7) is 1.78. The summed E-state index contributed by atoms with van der Waals surface area (Å²) < 4.78 is 5.34. The van der Waals surface area contributed by atoms with Crippen molar-refractivity contribution >= 4 is 0 Å². The third-order valence-electron chi connectivity index (χ3n) is 3.08. The summed E-state index contributed by atoms with van der Waals surface area (Å²) in [4.78, 5) is 2.38. The highest BCUT2D eigenvalue weighted by molar-refractivity contribution is 4.78. The van der Waals surface area contributed by atoms with E-state index >= 15 is 0 Å². The van der Waals surface area contributed by atoms with Gasteiger partial charge >= 0.3 is 0 Å². The molecule has 0 bridgehead atoms. The smallest absolute Gasteiger partial charge is 0.0572 e. The van der Waals surface area contributed by atoms with E-state index in [0.717, 1.165) is 19.1 Å². The molecule has 0 aromatic heterocycles. The molecule has 0 heterocycles. The molecule has 0 spiro atoms. The molecule has 0 aromatic rings. The third-order valence-corrected chi connectivity index (χ3v) is 3.08. The fourth-order valence-corrected chi connectivity index (χ4v) is 2.11. The van der Waals surface area contributed by atoms with E-state index < -0.39 is 0 Å². The largest absolute Gasteiger partial charge is 0.381 e. The molecule has 2 N–H and O–H groups in total. The van der Waals surface area contributed by atoms with Crippen molar-refractivity contribution in [2.75, 3.05) is 27.2 Å². The maximum atomic E-state index is 5.52. The van der Waals surface area contributed by atoms with Crippen molar-refractivity contribution < 1.29 is 4.74 Å². The van der Waals surface area contributed by atoms with Crippen LogP contribution in [-0.2, 0) is 4.74 Å². The van der Waals surface area contributed by atoms with Crippen molar-refractivity contribution in [2.24, 2.45) is 5.73 Å². The lowest BCUT2D eigenvalue weighted by atomic mass is 9.92. The highest BCUT2D eigenvalue weighted by Crippen LogP contribution is 2.23. The molecule has 0 saturated heterocycles. The summed E-state index contributed by atoms with van der Waals surface area (Å²) in [5.41, 5.74) is 5.52. The van der Waals surface area contributed by atoms with Gasteiger partial charge in [0.25, 0.3) is 0 Å². The normalized spacial score (nSPS) is 29.5. The standard InChI is InChI=1S/C10H22N2O/c1-12(8-7-11)9-3-5-10(13-2)6-4-9/h9-10H,3-8,11H2,1-2H3. The Morgan fingerprint density at radius 3 is 2.38 bits per heavy atom. The molecule has 1 saturated carbocycles. The topological polar surface area (TPSA) is 38.5 Å². The molecule has 3 heteroatoms. The van der Waals surface area contributed by atoms with Gasteiger partial charge in [0.1, 0.15) is 0 Å². The van der Waals surface area contributed by atoms with Gasteiger partial charge in [0.05, 0.1) is 6.10 Å². The van der Waals surface area contributed by atoms with Crippen LogP contribution in [0, 0.1) is 0 Å². The summed E-state index contributed by atoms with van der Waals surface area (Å²) in [7, 11) is 3.99. The Morgan fingerprint density at radius 2 is 1.92 bits per heavy atom. The Balaban J connectivity index is 2.23. The van der Waals surface area contributed by atoms with Gasteiger partial charge in [-0.2, -0.15) is 0 Å². The van der Waals surface area contributed by atoms with Crippen LogP contribution in [0.2, 0.25) is 0 Å². The first-order valence-electron chi connectivity index (χ1n) is 5.21. The molecule has 0 aliphatic heterocycles. The fraction of sp³-hybridized carbons (Fsp3) is 1.00. The number of hydrogen-bond donors (Lipinski definition) is 1. The van der Waals surface area contributed by atoms with Crippen LogP contribution in [0.3, 0.4) is 0 Å². The highest BCUT2D eigenvalue weighted by atomic mass is 16.5. The molecule has 0 amide bonds. The van der Waals surface area contributed by atoms with Crippen molar-refractivity contribution in [3.63, 3.8) is 0 Å². The summed E-state index contributed by atoms with van der Waals surface area (Å²) in [5, 5.41) is 0. The summed E-state index contributed by atoms with van der Waals surface area (Å²) in [6, 6.07) is 0.731. The van der Waals surface area contributed by atoms with E-state index in [1.54, 1.807) is 0 Å². The third kappa shape index (κ3) is 3.25. The predicted octanol–water partition coefficient (Wildman–Crippen LogP) is 0.834. The van der Waals surface area contributed by atoms with Crippen LogP contribution in [0.25, 0.3) is 0 Å². The van der Waals surface area contributed by atoms with Crippen LogP contribution >= 0.6 is 0 Å². The maximum absolute atomic E-state index is 5.52. The molecule has 0 atom stereocenters. The highest BCUT2D eigenvalue weighted by Gasteiger charge is 2.22. The molecule has 3 nitrogen and oxygen atoms in total. The molecule has 1 rings (SSSR count). The van der Waals surface area contributed by atoms with E-state index in [1.807, 2.05) is 7.11 Å². The minimum Gasteiger partial charge on any atom is -0.381 e. The second-order valence-corrected chi connectivity index (χ2v) is 3.94. The van der Waals surface area contributed by atoms with Crippen LogP contribution in [0.15, 0.2) is 0 Å². The number of nitrogens with two attached hydrogens (primary N) is 1. The molecule has 0 radical (unpaired) electrons. The zero-order chi connectivity index (χ0) is 9.68. The Kier molecular flexibility index (Phi) is 4.70. The number of methoxy groups -OCH3 is 1. The first-order valence-corrected chi connectivity index (χ1v) is 5.21. The molecule has 78 valence electrons. The maximum Gasteiger partial charge on any atom is 0.0572 e. The summed E-state index contributed by atoms with van der Waals surface area (Å²) in [5.74, 6) is 0. The van der Waals surface area contributed by atoms with Gasteiger partial charge in [-0.05, 0) is 32.7 Å². The molecule has 0 aromatic carbocycles. The van der Waals surface area contributed by atoms with Crippen LogP contribution in [0.1, 0.15) is 25.7 Å². The van der Waals surface area contributed by atoms with E-state index in [0.29, 0.717) is 6.10 Å². The second kappa shape index (κ2) is 5.58. The van der Waals surface area contributed by atoms with Gasteiger partial charge in [-0.15, -0.1) is 0 Å². The molecule has 1 aliphatic carbocycles. The number of hydrogen-bond acceptors (Lipinski definition) is 3. The van der Waals surface area contributed by atoms with Gasteiger partial charge in [-0.1, -0.05) is 0 Å². The molecule has 1 fully saturated rings. The SMILES string of the molecule is COC1CCC(N(C)CCN)CC1. The fourth-order valence-electron chi connectivity index (χ4n) is 2.11. The van der Waals surface area contributed by atoms with E-state index in [9.17, 15) is 0 Å². The van der Waals surface area contributed by atoms with Crippen LogP contribution < -0.4 is 5.73 Å². The van der Waals surface area contributed by atoms with Crippen molar-refractivity contribution in [3.8, 4) is 0 Å². The van der Waals surface area contributed by atoms with Crippen molar-refractivity contribution in [1.82, 2.24) is 4.90 Å². The first-order chi connectivity index (χ1) is 6.27. The van der Waals surface area contributed by atoms with Gasteiger partial charge in [0.2, 0.25) is 0 Å². The van der Waals surface area contributed by atoms with Gasteiger partial charge in [0.15, 0.2) is 0 Å². The van der Waals surface area contributed by atoms with Gasteiger partial charge in [0, 0.05) is 26.2 Å². The Labute approximate surface area is 81.2 Å². The lowest BCUT2D eigenvalue weighted by Crippen LogP contribution is -2.39. The molecule has 0 unspecified atom stereocenters. The number of rotatable bonds is 4. The molecular weight excluding hydrogens is 164 g/mol. The zero-order valence-corrected chi connectivity index (χ0v) is 8.83. The van der Waals surface area contributed by atoms with Crippen LogP contribution in [-0.4, -0.2) is 44.3 Å². The quantitative estimate of drug-likeness (QED) is 0.707. The average Bonchev–Trinajstić information content (AvgIpc) is 2.18. The van der Waals surface area contributed by atoms with Gasteiger partial charge < -0.3 is 15.4 Å². The number of nitrogens with zero attached hydrogens (tertiary/aromatic N) is 1. The average molecular weight is 186 g/mol. The molecular formula is C10H22N2O. The molecule has 13 heavy (non-hydrogen) atoms.